The Morgan fingerprint density at radius 1 is 1.36 bits per heavy atom. The monoisotopic (exact) mass is 285 g/mol. The van der Waals surface area contributed by atoms with E-state index in [9.17, 15) is 8.42 Å². The second kappa shape index (κ2) is 6.80. The number of rotatable bonds is 7. The highest BCUT2D eigenvalue weighted by molar-refractivity contribution is 9.10. The summed E-state index contributed by atoms with van der Waals surface area (Å²) in [5.74, 6) is 0. The first kappa shape index (κ1) is 14.4. The van der Waals surface area contributed by atoms with Crippen LogP contribution in [0.5, 0.6) is 0 Å². The molecule has 1 unspecified atom stereocenters. The van der Waals surface area contributed by atoms with E-state index in [2.05, 4.69) is 22.9 Å². The fraction of sp³-hybridized carbons (Fsp3) is 1.00. The van der Waals surface area contributed by atoms with Gasteiger partial charge in [0.15, 0.2) is 0 Å². The molecule has 0 radical (unpaired) electrons. The molecule has 0 aliphatic rings. The van der Waals surface area contributed by atoms with Gasteiger partial charge in [0.2, 0.25) is 10.0 Å². The molecular formula is C9H20BrNO2S. The number of sulfonamides is 1. The first-order chi connectivity index (χ1) is 6.49. The van der Waals surface area contributed by atoms with E-state index >= 15 is 0 Å². The van der Waals surface area contributed by atoms with Crippen LogP contribution in [-0.4, -0.2) is 30.0 Å². The molecule has 1 atom stereocenters. The first-order valence-corrected chi connectivity index (χ1v) is 7.78. The van der Waals surface area contributed by atoms with Gasteiger partial charge in [0, 0.05) is 12.6 Å². The third kappa shape index (κ3) is 4.28. The minimum atomic E-state index is -3.09. The fourth-order valence-corrected chi connectivity index (χ4v) is 3.23. The Labute approximate surface area is 96.0 Å². The van der Waals surface area contributed by atoms with Crippen molar-refractivity contribution in [3.8, 4) is 0 Å². The lowest BCUT2D eigenvalue weighted by Crippen LogP contribution is -2.39. The van der Waals surface area contributed by atoms with E-state index in [1.807, 2.05) is 13.8 Å². The average Bonchev–Trinajstić information content (AvgIpc) is 2.17. The lowest BCUT2D eigenvalue weighted by Gasteiger charge is -2.26. The van der Waals surface area contributed by atoms with Gasteiger partial charge in [-0.05, 0) is 19.8 Å². The number of hydrogen-bond donors (Lipinski definition) is 0. The lowest BCUT2D eigenvalue weighted by atomic mass is 10.2. The number of nitrogens with zero attached hydrogens (tertiary/aromatic N) is 1. The number of halogens is 1. The van der Waals surface area contributed by atoms with Gasteiger partial charge in [0.05, 0.1) is 0 Å². The predicted molar refractivity (Wildman–Crippen MR) is 64.1 cm³/mol. The molecule has 0 aliphatic heterocycles. The molecule has 0 rings (SSSR count). The number of unbranched alkanes of at least 4 members (excludes halogenated alkanes) is 1. The van der Waals surface area contributed by atoms with Crippen molar-refractivity contribution in [1.82, 2.24) is 4.31 Å². The van der Waals surface area contributed by atoms with Gasteiger partial charge in [-0.3, -0.25) is 0 Å². The Bertz CT molecular complexity index is 241. The second-order valence-electron chi connectivity index (χ2n) is 3.44. The molecule has 0 aromatic heterocycles. The van der Waals surface area contributed by atoms with Crippen LogP contribution in [0.25, 0.3) is 0 Å². The third-order valence-electron chi connectivity index (χ3n) is 2.31. The SMILES string of the molecule is CCCCN(C(C)CC)S(=O)(=O)CBr. The third-order valence-corrected chi connectivity index (χ3v) is 5.58. The standard InChI is InChI=1S/C9H20BrNO2S/c1-4-6-7-11(9(3)5-2)14(12,13)8-10/h9H,4-8H2,1-3H3. The number of alkyl halides is 1. The van der Waals surface area contributed by atoms with Gasteiger partial charge in [-0.2, -0.15) is 4.31 Å². The minimum absolute atomic E-state index is 0.0219. The maximum atomic E-state index is 11.7. The molecule has 3 nitrogen and oxygen atoms in total. The van der Waals surface area contributed by atoms with E-state index in [1.54, 1.807) is 4.31 Å². The summed E-state index contributed by atoms with van der Waals surface area (Å²) in [7, 11) is -3.09. The lowest BCUT2D eigenvalue weighted by molar-refractivity contribution is 0.326. The largest absolute Gasteiger partial charge is 0.224 e. The van der Waals surface area contributed by atoms with E-state index in [-0.39, 0.29) is 10.7 Å². The molecule has 0 saturated carbocycles. The summed E-state index contributed by atoms with van der Waals surface area (Å²) in [5, 5.41) is 0. The molecule has 0 amide bonds. The van der Waals surface area contributed by atoms with Crippen LogP contribution in [0.4, 0.5) is 0 Å². The highest BCUT2D eigenvalue weighted by Crippen LogP contribution is 2.13. The Hall–Kier alpha value is 0.390. The first-order valence-electron chi connectivity index (χ1n) is 5.05. The highest BCUT2D eigenvalue weighted by Gasteiger charge is 2.24. The van der Waals surface area contributed by atoms with Gasteiger partial charge < -0.3 is 0 Å². The van der Waals surface area contributed by atoms with Crippen molar-refractivity contribution >= 4 is 26.0 Å². The average molecular weight is 286 g/mol. The summed E-state index contributed by atoms with van der Waals surface area (Å²) in [6.45, 7) is 6.66. The maximum absolute atomic E-state index is 11.7. The van der Waals surface area contributed by atoms with Crippen LogP contribution < -0.4 is 0 Å². The fourth-order valence-electron chi connectivity index (χ4n) is 1.21. The van der Waals surface area contributed by atoms with Crippen molar-refractivity contribution in [2.75, 3.05) is 11.2 Å². The minimum Gasteiger partial charge on any atom is -0.211 e. The molecule has 0 bridgehead atoms. The zero-order valence-electron chi connectivity index (χ0n) is 9.16. The van der Waals surface area contributed by atoms with Crippen molar-refractivity contribution in [3.63, 3.8) is 0 Å². The van der Waals surface area contributed by atoms with Gasteiger partial charge in [-0.25, -0.2) is 8.42 Å². The molecule has 0 aromatic rings. The molecule has 0 saturated heterocycles. The van der Waals surface area contributed by atoms with Gasteiger partial charge in [0.25, 0.3) is 0 Å². The Balaban J connectivity index is 4.55. The van der Waals surface area contributed by atoms with Crippen molar-refractivity contribution in [3.05, 3.63) is 0 Å². The van der Waals surface area contributed by atoms with Crippen molar-refractivity contribution < 1.29 is 8.42 Å². The summed E-state index contributed by atoms with van der Waals surface area (Å²) in [6.07, 6.45) is 2.80. The quantitative estimate of drug-likeness (QED) is 0.675. The van der Waals surface area contributed by atoms with Crippen LogP contribution in [-0.2, 0) is 10.0 Å². The smallest absolute Gasteiger partial charge is 0.211 e. The van der Waals surface area contributed by atoms with E-state index in [1.165, 1.54) is 0 Å². The van der Waals surface area contributed by atoms with Crippen molar-refractivity contribution in [2.24, 2.45) is 0 Å². The topological polar surface area (TPSA) is 37.4 Å². The highest BCUT2D eigenvalue weighted by atomic mass is 79.9. The van der Waals surface area contributed by atoms with Gasteiger partial charge >= 0.3 is 0 Å². The summed E-state index contributed by atoms with van der Waals surface area (Å²) in [5.41, 5.74) is 0. The summed E-state index contributed by atoms with van der Waals surface area (Å²) in [4.78, 5) is 0. The summed E-state index contributed by atoms with van der Waals surface area (Å²) in [6, 6.07) is 0.101. The van der Waals surface area contributed by atoms with Crippen molar-refractivity contribution in [1.29, 1.82) is 0 Å². The molecule has 0 spiro atoms. The molecule has 0 aromatic carbocycles. The zero-order valence-corrected chi connectivity index (χ0v) is 11.6. The predicted octanol–water partition coefficient (Wildman–Crippen LogP) is 2.57. The van der Waals surface area contributed by atoms with Crippen LogP contribution >= 0.6 is 15.9 Å². The van der Waals surface area contributed by atoms with Crippen LogP contribution in [0.3, 0.4) is 0 Å². The van der Waals surface area contributed by atoms with Gasteiger partial charge in [-0.15, -0.1) is 0 Å². The van der Waals surface area contributed by atoms with E-state index in [0.29, 0.717) is 6.54 Å². The molecule has 14 heavy (non-hydrogen) atoms. The molecule has 0 heterocycles. The normalized spacial score (nSPS) is 14.6. The maximum Gasteiger partial charge on any atom is 0.224 e. The molecule has 86 valence electrons. The molecule has 0 aliphatic carbocycles. The molecule has 0 fully saturated rings. The van der Waals surface area contributed by atoms with Gasteiger partial charge in [0.1, 0.15) is 4.66 Å². The molecular weight excluding hydrogens is 266 g/mol. The van der Waals surface area contributed by atoms with Crippen LogP contribution in [0.15, 0.2) is 0 Å². The molecule has 0 N–H and O–H groups in total. The van der Waals surface area contributed by atoms with E-state index < -0.39 is 10.0 Å². The van der Waals surface area contributed by atoms with Crippen LogP contribution in [0, 0.1) is 0 Å². The Kier molecular flexibility index (Phi) is 6.99. The van der Waals surface area contributed by atoms with Gasteiger partial charge in [-0.1, -0.05) is 36.2 Å². The molecule has 5 heteroatoms. The summed E-state index contributed by atoms with van der Waals surface area (Å²) >= 11 is 3.03. The second-order valence-corrected chi connectivity index (χ2v) is 6.67. The Morgan fingerprint density at radius 3 is 2.29 bits per heavy atom. The summed E-state index contributed by atoms with van der Waals surface area (Å²) < 4.78 is 25.0. The van der Waals surface area contributed by atoms with Crippen LogP contribution in [0.2, 0.25) is 0 Å². The van der Waals surface area contributed by atoms with Crippen molar-refractivity contribution in [2.45, 2.75) is 46.1 Å². The van der Waals surface area contributed by atoms with E-state index in [4.69, 9.17) is 0 Å². The van der Waals surface area contributed by atoms with E-state index in [0.717, 1.165) is 19.3 Å². The zero-order chi connectivity index (χ0) is 11.2. The number of hydrogen-bond acceptors (Lipinski definition) is 2. The van der Waals surface area contributed by atoms with Crippen LogP contribution in [0.1, 0.15) is 40.0 Å². The Morgan fingerprint density at radius 2 is 1.93 bits per heavy atom.